The normalized spacial score (nSPS) is 11.0. The van der Waals surface area contributed by atoms with Crippen molar-refractivity contribution in [1.29, 1.82) is 0 Å². The molecule has 160 valence electrons. The summed E-state index contributed by atoms with van der Waals surface area (Å²) in [6.45, 7) is 6.09. The summed E-state index contributed by atoms with van der Waals surface area (Å²) in [6.07, 6.45) is 2.65. The zero-order valence-corrected chi connectivity index (χ0v) is 20.7. The standard InChI is InChI=1S/C22H27N5OS.HI/c1-16-17(2)29-21(27-16)10-12-25-22(23-3)26-14-19-9-11-24-20(13-19)28-15-18-7-5-4-6-8-18;/h4-9,11,13H,10,12,14-15H2,1-3H3,(H2,23,25,26);1H. The van der Waals surface area contributed by atoms with Crippen molar-refractivity contribution in [2.75, 3.05) is 13.6 Å². The minimum absolute atomic E-state index is 0. The van der Waals surface area contributed by atoms with Crippen molar-refractivity contribution in [3.8, 4) is 5.88 Å². The molecule has 0 unspecified atom stereocenters. The average molecular weight is 537 g/mol. The number of hydrogen-bond donors (Lipinski definition) is 2. The first-order chi connectivity index (χ1) is 14.1. The largest absolute Gasteiger partial charge is 0.473 e. The quantitative estimate of drug-likeness (QED) is 0.255. The molecule has 1 aromatic carbocycles. The zero-order chi connectivity index (χ0) is 20.5. The molecule has 0 aliphatic carbocycles. The van der Waals surface area contributed by atoms with Crippen molar-refractivity contribution in [3.63, 3.8) is 0 Å². The first-order valence-electron chi connectivity index (χ1n) is 9.63. The van der Waals surface area contributed by atoms with Crippen molar-refractivity contribution in [2.24, 2.45) is 4.99 Å². The third kappa shape index (κ3) is 7.56. The molecular formula is C22H28IN5OS. The van der Waals surface area contributed by atoms with E-state index in [0.29, 0.717) is 19.0 Å². The highest BCUT2D eigenvalue weighted by atomic mass is 127. The molecule has 0 aliphatic heterocycles. The number of aliphatic imine (C=N–C) groups is 1. The summed E-state index contributed by atoms with van der Waals surface area (Å²) < 4.78 is 5.80. The molecule has 0 bridgehead atoms. The summed E-state index contributed by atoms with van der Waals surface area (Å²) in [5.74, 6) is 1.38. The number of rotatable bonds is 8. The van der Waals surface area contributed by atoms with E-state index in [9.17, 15) is 0 Å². The third-order valence-corrected chi connectivity index (χ3v) is 5.55. The van der Waals surface area contributed by atoms with Crippen LogP contribution in [-0.4, -0.2) is 29.5 Å². The van der Waals surface area contributed by atoms with E-state index in [0.717, 1.165) is 40.8 Å². The van der Waals surface area contributed by atoms with E-state index < -0.39 is 0 Å². The lowest BCUT2D eigenvalue weighted by molar-refractivity contribution is 0.293. The van der Waals surface area contributed by atoms with Crippen molar-refractivity contribution in [1.82, 2.24) is 20.6 Å². The minimum Gasteiger partial charge on any atom is -0.473 e. The second-order valence-electron chi connectivity index (χ2n) is 6.63. The Morgan fingerprint density at radius 2 is 1.90 bits per heavy atom. The van der Waals surface area contributed by atoms with Crippen molar-refractivity contribution >= 4 is 41.3 Å². The molecule has 0 atom stereocenters. The highest BCUT2D eigenvalue weighted by Crippen LogP contribution is 2.16. The van der Waals surface area contributed by atoms with E-state index in [1.807, 2.05) is 42.5 Å². The number of halogens is 1. The number of nitrogens with one attached hydrogen (secondary N) is 2. The van der Waals surface area contributed by atoms with E-state index in [1.54, 1.807) is 24.6 Å². The van der Waals surface area contributed by atoms with Crippen molar-refractivity contribution in [2.45, 2.75) is 33.4 Å². The van der Waals surface area contributed by atoms with Crippen LogP contribution in [0, 0.1) is 13.8 Å². The van der Waals surface area contributed by atoms with Gasteiger partial charge in [-0.25, -0.2) is 9.97 Å². The highest BCUT2D eigenvalue weighted by molar-refractivity contribution is 14.0. The Hall–Kier alpha value is -2.20. The Balaban J connectivity index is 0.00000320. The summed E-state index contributed by atoms with van der Waals surface area (Å²) in [4.78, 5) is 14.4. The fraction of sp³-hybridized carbons (Fsp3) is 0.318. The molecule has 0 amide bonds. The molecule has 8 heteroatoms. The van der Waals surface area contributed by atoms with Gasteiger partial charge < -0.3 is 15.4 Å². The maximum atomic E-state index is 5.80. The Morgan fingerprint density at radius 3 is 2.60 bits per heavy atom. The lowest BCUT2D eigenvalue weighted by Crippen LogP contribution is -2.37. The maximum absolute atomic E-state index is 5.80. The topological polar surface area (TPSA) is 71.4 Å². The number of guanidine groups is 1. The first-order valence-corrected chi connectivity index (χ1v) is 10.4. The van der Waals surface area contributed by atoms with Gasteiger partial charge in [-0.05, 0) is 31.0 Å². The van der Waals surface area contributed by atoms with Crippen molar-refractivity contribution in [3.05, 3.63) is 75.4 Å². The van der Waals surface area contributed by atoms with Crippen LogP contribution in [0.3, 0.4) is 0 Å². The van der Waals surface area contributed by atoms with Crippen LogP contribution < -0.4 is 15.4 Å². The molecule has 0 fully saturated rings. The molecule has 0 radical (unpaired) electrons. The summed E-state index contributed by atoms with van der Waals surface area (Å²) in [7, 11) is 1.77. The second-order valence-corrected chi connectivity index (χ2v) is 7.92. The van der Waals surface area contributed by atoms with E-state index in [1.165, 1.54) is 4.88 Å². The highest BCUT2D eigenvalue weighted by Gasteiger charge is 2.05. The van der Waals surface area contributed by atoms with Crippen LogP contribution in [0.2, 0.25) is 0 Å². The van der Waals surface area contributed by atoms with Gasteiger partial charge in [0, 0.05) is 43.7 Å². The average Bonchev–Trinajstić information content (AvgIpc) is 3.07. The van der Waals surface area contributed by atoms with Crippen LogP contribution in [0.15, 0.2) is 53.7 Å². The Morgan fingerprint density at radius 1 is 1.10 bits per heavy atom. The monoisotopic (exact) mass is 537 g/mol. The van der Waals surface area contributed by atoms with Gasteiger partial charge in [-0.1, -0.05) is 30.3 Å². The fourth-order valence-electron chi connectivity index (χ4n) is 2.71. The first kappa shape index (κ1) is 24.1. The fourth-order valence-corrected chi connectivity index (χ4v) is 3.64. The molecule has 3 aromatic rings. The van der Waals surface area contributed by atoms with E-state index >= 15 is 0 Å². The lowest BCUT2D eigenvalue weighted by Gasteiger charge is -2.12. The third-order valence-electron chi connectivity index (χ3n) is 4.42. The molecule has 6 nitrogen and oxygen atoms in total. The zero-order valence-electron chi connectivity index (χ0n) is 17.5. The molecule has 0 spiro atoms. The van der Waals surface area contributed by atoms with Gasteiger partial charge in [-0.15, -0.1) is 35.3 Å². The number of nitrogens with zero attached hydrogens (tertiary/aromatic N) is 3. The SMILES string of the molecule is CN=C(NCCc1nc(C)c(C)s1)NCc1ccnc(OCc2ccccc2)c1.I. The number of pyridine rings is 1. The second kappa shape index (κ2) is 12.5. The summed E-state index contributed by atoms with van der Waals surface area (Å²) in [5, 5.41) is 7.82. The molecule has 30 heavy (non-hydrogen) atoms. The van der Waals surface area contributed by atoms with Crippen molar-refractivity contribution < 1.29 is 4.74 Å². The minimum atomic E-state index is 0. The van der Waals surface area contributed by atoms with Gasteiger partial charge in [0.25, 0.3) is 0 Å². The van der Waals surface area contributed by atoms with Crippen LogP contribution in [-0.2, 0) is 19.6 Å². The van der Waals surface area contributed by atoms with Crippen LogP contribution in [0.1, 0.15) is 26.7 Å². The number of aryl methyl sites for hydroxylation is 2. The van der Waals surface area contributed by atoms with Gasteiger partial charge in [0.05, 0.1) is 10.7 Å². The summed E-state index contributed by atoms with van der Waals surface area (Å²) in [6, 6.07) is 14.0. The van der Waals surface area contributed by atoms with Crippen LogP contribution in [0.5, 0.6) is 5.88 Å². The van der Waals surface area contributed by atoms with E-state index in [2.05, 4.69) is 39.4 Å². The van der Waals surface area contributed by atoms with Gasteiger partial charge in [0.2, 0.25) is 5.88 Å². The van der Waals surface area contributed by atoms with E-state index in [-0.39, 0.29) is 24.0 Å². The smallest absolute Gasteiger partial charge is 0.213 e. The Kier molecular flexibility index (Phi) is 10.0. The number of hydrogen-bond acceptors (Lipinski definition) is 5. The molecule has 2 heterocycles. The lowest BCUT2D eigenvalue weighted by atomic mass is 10.2. The van der Waals surface area contributed by atoms with Crippen LogP contribution >= 0.6 is 35.3 Å². The van der Waals surface area contributed by atoms with Gasteiger partial charge in [0.15, 0.2) is 5.96 Å². The molecule has 2 N–H and O–H groups in total. The van der Waals surface area contributed by atoms with Gasteiger partial charge in [-0.2, -0.15) is 0 Å². The van der Waals surface area contributed by atoms with Gasteiger partial charge >= 0.3 is 0 Å². The molecule has 0 aliphatic rings. The number of thiazole rings is 1. The van der Waals surface area contributed by atoms with Gasteiger partial charge in [-0.3, -0.25) is 4.99 Å². The van der Waals surface area contributed by atoms with Crippen LogP contribution in [0.25, 0.3) is 0 Å². The Bertz CT molecular complexity index is 926. The summed E-state index contributed by atoms with van der Waals surface area (Å²) >= 11 is 1.76. The number of benzene rings is 1. The predicted molar refractivity (Wildman–Crippen MR) is 134 cm³/mol. The van der Waals surface area contributed by atoms with Gasteiger partial charge in [0.1, 0.15) is 6.61 Å². The Labute approximate surface area is 199 Å². The predicted octanol–water partition coefficient (Wildman–Crippen LogP) is 4.26. The molecular weight excluding hydrogens is 509 g/mol. The number of aromatic nitrogens is 2. The van der Waals surface area contributed by atoms with E-state index in [4.69, 9.17) is 4.74 Å². The van der Waals surface area contributed by atoms with Crippen LogP contribution in [0.4, 0.5) is 0 Å². The maximum Gasteiger partial charge on any atom is 0.213 e. The molecule has 0 saturated heterocycles. The number of ether oxygens (including phenoxy) is 1. The summed E-state index contributed by atoms with van der Waals surface area (Å²) in [5.41, 5.74) is 3.32. The molecule has 2 aromatic heterocycles. The molecule has 0 saturated carbocycles. The molecule has 3 rings (SSSR count).